The van der Waals surface area contributed by atoms with E-state index in [9.17, 15) is 4.79 Å². The van der Waals surface area contributed by atoms with E-state index >= 15 is 0 Å². The molecule has 0 spiro atoms. The molecular weight excluding hydrogens is 356 g/mol. The molecular formula is C23H22O5. The largest absolute Gasteiger partial charge is 0.496 e. The summed E-state index contributed by atoms with van der Waals surface area (Å²) in [7, 11) is 6.31. The average molecular weight is 378 g/mol. The quantitative estimate of drug-likeness (QED) is 0.438. The molecule has 5 nitrogen and oxygen atoms in total. The van der Waals surface area contributed by atoms with Gasteiger partial charge in [0.05, 0.1) is 28.4 Å². The maximum Gasteiger partial charge on any atom is 0.186 e. The van der Waals surface area contributed by atoms with Gasteiger partial charge in [-0.25, -0.2) is 0 Å². The van der Waals surface area contributed by atoms with Gasteiger partial charge >= 0.3 is 0 Å². The number of methoxy groups -OCH3 is 4. The molecule has 0 aliphatic carbocycles. The highest BCUT2D eigenvalue weighted by molar-refractivity contribution is 6.15. The molecule has 0 heterocycles. The fourth-order valence-corrected chi connectivity index (χ4v) is 3.10. The molecule has 0 atom stereocenters. The number of ether oxygens (including phenoxy) is 4. The van der Waals surface area contributed by atoms with Crippen LogP contribution in [0.2, 0.25) is 0 Å². The summed E-state index contributed by atoms with van der Waals surface area (Å²) in [5.41, 5.74) is 1.32. The van der Waals surface area contributed by atoms with Gasteiger partial charge in [0.1, 0.15) is 11.5 Å². The van der Waals surface area contributed by atoms with E-state index in [2.05, 4.69) is 0 Å². The lowest BCUT2D eigenvalue weighted by Crippen LogP contribution is -1.98. The molecule has 0 aliphatic rings. The number of ketones is 1. The van der Waals surface area contributed by atoms with Crippen LogP contribution in [0.4, 0.5) is 0 Å². The molecule has 0 aliphatic heterocycles. The van der Waals surface area contributed by atoms with Gasteiger partial charge < -0.3 is 18.9 Å². The van der Waals surface area contributed by atoms with Crippen LogP contribution in [0.25, 0.3) is 16.8 Å². The SMILES string of the molecule is COc1cc(OC)c(OC)cc1C=CC(=O)c1ccc(OC)c2ccccc12. The molecule has 3 rings (SSSR count). The van der Waals surface area contributed by atoms with Crippen molar-refractivity contribution in [2.45, 2.75) is 0 Å². The second kappa shape index (κ2) is 8.48. The maximum absolute atomic E-state index is 12.9. The maximum atomic E-state index is 12.9. The molecule has 0 aromatic heterocycles. The van der Waals surface area contributed by atoms with Crippen LogP contribution in [0.1, 0.15) is 15.9 Å². The smallest absolute Gasteiger partial charge is 0.186 e. The Hall–Kier alpha value is -3.47. The summed E-state index contributed by atoms with van der Waals surface area (Å²) in [6.45, 7) is 0. The van der Waals surface area contributed by atoms with Crippen LogP contribution < -0.4 is 18.9 Å². The third-order valence-electron chi connectivity index (χ3n) is 4.52. The summed E-state index contributed by atoms with van der Waals surface area (Å²) >= 11 is 0. The van der Waals surface area contributed by atoms with Crippen LogP contribution in [0.5, 0.6) is 23.0 Å². The van der Waals surface area contributed by atoms with Crippen molar-refractivity contribution in [3.63, 3.8) is 0 Å². The van der Waals surface area contributed by atoms with Crippen molar-refractivity contribution in [3.8, 4) is 23.0 Å². The number of carbonyl (C=O) groups is 1. The summed E-state index contributed by atoms with van der Waals surface area (Å²) < 4.78 is 21.4. The molecule has 3 aromatic rings. The molecule has 0 radical (unpaired) electrons. The summed E-state index contributed by atoms with van der Waals surface area (Å²) in [5.74, 6) is 2.32. The van der Waals surface area contributed by atoms with Crippen molar-refractivity contribution in [1.29, 1.82) is 0 Å². The lowest BCUT2D eigenvalue weighted by Gasteiger charge is -2.12. The molecule has 0 N–H and O–H groups in total. The highest BCUT2D eigenvalue weighted by Crippen LogP contribution is 2.35. The Bertz CT molecular complexity index is 1040. The van der Waals surface area contributed by atoms with Crippen LogP contribution in [0.15, 0.2) is 54.6 Å². The van der Waals surface area contributed by atoms with E-state index in [1.165, 1.54) is 6.08 Å². The molecule has 144 valence electrons. The second-order valence-electron chi connectivity index (χ2n) is 6.01. The van der Waals surface area contributed by atoms with Crippen molar-refractivity contribution >= 4 is 22.6 Å². The minimum Gasteiger partial charge on any atom is -0.496 e. The minimum absolute atomic E-state index is 0.115. The number of allylic oxidation sites excluding steroid dienone is 1. The standard InChI is InChI=1S/C23H22O5/c1-25-20-12-10-17(16-7-5-6-8-18(16)20)19(24)11-9-15-13-22(27-3)23(28-4)14-21(15)26-2/h5-14H,1-4H3. The topological polar surface area (TPSA) is 54.0 Å². The molecule has 0 amide bonds. The normalized spacial score (nSPS) is 10.9. The molecule has 0 unspecified atom stereocenters. The van der Waals surface area contributed by atoms with E-state index in [1.807, 2.05) is 24.3 Å². The van der Waals surface area contributed by atoms with Crippen molar-refractivity contribution < 1.29 is 23.7 Å². The first-order valence-electron chi connectivity index (χ1n) is 8.71. The third kappa shape index (κ3) is 3.64. The van der Waals surface area contributed by atoms with Crippen LogP contribution >= 0.6 is 0 Å². The van der Waals surface area contributed by atoms with E-state index in [1.54, 1.807) is 58.8 Å². The molecule has 3 aromatic carbocycles. The number of fused-ring (bicyclic) bond motifs is 1. The van der Waals surface area contributed by atoms with Crippen LogP contribution in [-0.4, -0.2) is 34.2 Å². The van der Waals surface area contributed by atoms with Crippen LogP contribution in [0, 0.1) is 0 Å². The number of rotatable bonds is 7. The van der Waals surface area contributed by atoms with Gasteiger partial charge in [0.2, 0.25) is 0 Å². The molecule has 28 heavy (non-hydrogen) atoms. The molecule has 0 saturated carbocycles. The fourth-order valence-electron chi connectivity index (χ4n) is 3.10. The predicted molar refractivity (Wildman–Crippen MR) is 110 cm³/mol. The van der Waals surface area contributed by atoms with Crippen LogP contribution in [0.3, 0.4) is 0 Å². The van der Waals surface area contributed by atoms with Gasteiger partial charge in [-0.05, 0) is 35.7 Å². The summed E-state index contributed by atoms with van der Waals surface area (Å²) in [5, 5.41) is 1.74. The summed E-state index contributed by atoms with van der Waals surface area (Å²) in [6, 6.07) is 14.8. The zero-order chi connectivity index (χ0) is 20.1. The monoisotopic (exact) mass is 378 g/mol. The molecule has 0 fully saturated rings. The van der Waals surface area contributed by atoms with Gasteiger partial charge in [-0.3, -0.25) is 4.79 Å². The number of benzene rings is 3. The van der Waals surface area contributed by atoms with Gasteiger partial charge in [-0.1, -0.05) is 24.3 Å². The first-order chi connectivity index (χ1) is 13.6. The van der Waals surface area contributed by atoms with Gasteiger partial charge in [-0.2, -0.15) is 0 Å². The van der Waals surface area contributed by atoms with Crippen molar-refractivity contribution in [3.05, 3.63) is 65.7 Å². The van der Waals surface area contributed by atoms with E-state index in [4.69, 9.17) is 18.9 Å². The number of hydrogen-bond acceptors (Lipinski definition) is 5. The second-order valence-corrected chi connectivity index (χ2v) is 6.01. The summed E-state index contributed by atoms with van der Waals surface area (Å²) in [4.78, 5) is 12.9. The van der Waals surface area contributed by atoms with E-state index in [0.717, 1.165) is 16.5 Å². The average Bonchev–Trinajstić information content (AvgIpc) is 2.75. The summed E-state index contributed by atoms with van der Waals surface area (Å²) in [6.07, 6.45) is 3.24. The van der Waals surface area contributed by atoms with E-state index in [0.29, 0.717) is 28.4 Å². The Balaban J connectivity index is 2.00. The lowest BCUT2D eigenvalue weighted by atomic mass is 10.00. The van der Waals surface area contributed by atoms with E-state index in [-0.39, 0.29) is 5.78 Å². The Kier molecular flexibility index (Phi) is 5.84. The molecule has 5 heteroatoms. The van der Waals surface area contributed by atoms with Crippen LogP contribution in [-0.2, 0) is 0 Å². The third-order valence-corrected chi connectivity index (χ3v) is 4.52. The first kappa shape index (κ1) is 19.3. The highest BCUT2D eigenvalue weighted by Gasteiger charge is 2.13. The lowest BCUT2D eigenvalue weighted by molar-refractivity contribution is 0.104. The van der Waals surface area contributed by atoms with Crippen molar-refractivity contribution in [1.82, 2.24) is 0 Å². The van der Waals surface area contributed by atoms with E-state index < -0.39 is 0 Å². The number of hydrogen-bond donors (Lipinski definition) is 0. The Labute approximate surface area is 164 Å². The van der Waals surface area contributed by atoms with Crippen molar-refractivity contribution in [2.24, 2.45) is 0 Å². The minimum atomic E-state index is -0.115. The Morgan fingerprint density at radius 1 is 0.714 bits per heavy atom. The fraction of sp³-hybridized carbons (Fsp3) is 0.174. The molecule has 0 saturated heterocycles. The van der Waals surface area contributed by atoms with Crippen molar-refractivity contribution in [2.75, 3.05) is 28.4 Å². The zero-order valence-corrected chi connectivity index (χ0v) is 16.3. The van der Waals surface area contributed by atoms with Gasteiger partial charge in [0, 0.05) is 22.6 Å². The zero-order valence-electron chi connectivity index (χ0n) is 16.3. The predicted octanol–water partition coefficient (Wildman–Crippen LogP) is 4.77. The highest BCUT2D eigenvalue weighted by atomic mass is 16.5. The Morgan fingerprint density at radius 2 is 1.32 bits per heavy atom. The Morgan fingerprint density at radius 3 is 1.96 bits per heavy atom. The molecule has 0 bridgehead atoms. The van der Waals surface area contributed by atoms with Gasteiger partial charge in [-0.15, -0.1) is 0 Å². The number of carbonyl (C=O) groups excluding carboxylic acids is 1. The first-order valence-corrected chi connectivity index (χ1v) is 8.71. The van der Waals surface area contributed by atoms with Gasteiger partial charge in [0.25, 0.3) is 0 Å². The van der Waals surface area contributed by atoms with Gasteiger partial charge in [0.15, 0.2) is 17.3 Å².